The lowest BCUT2D eigenvalue weighted by molar-refractivity contribution is -0.158. The molecule has 0 bridgehead atoms. The molecule has 1 heterocycles. The summed E-state index contributed by atoms with van der Waals surface area (Å²) in [7, 11) is 0. The summed E-state index contributed by atoms with van der Waals surface area (Å²) in [6.45, 7) is 0. The molecule has 11 heteroatoms. The van der Waals surface area contributed by atoms with E-state index in [0.29, 0.717) is 0 Å². The zero-order chi connectivity index (χ0) is 17.7. The fraction of sp³-hybridized carbons (Fsp3) is 0.500. The molecule has 23 heavy (non-hydrogen) atoms. The Kier molecular flexibility index (Phi) is 6.48. The second-order valence-electron chi connectivity index (χ2n) is 4.71. The summed E-state index contributed by atoms with van der Waals surface area (Å²) in [5.74, 6) is -3.39. The Morgan fingerprint density at radius 3 is 2.04 bits per heavy atom. The van der Waals surface area contributed by atoms with Gasteiger partial charge < -0.3 is 35.7 Å². The van der Waals surface area contributed by atoms with Gasteiger partial charge in [-0.1, -0.05) is 0 Å². The number of aliphatic carboxylic acids is 2. The van der Waals surface area contributed by atoms with Gasteiger partial charge in [-0.3, -0.25) is 9.97 Å². The first-order chi connectivity index (χ1) is 10.6. The first kappa shape index (κ1) is 18.9. The summed E-state index contributed by atoms with van der Waals surface area (Å²) in [4.78, 5) is 28.5. The Bertz CT molecular complexity index is 567. The Morgan fingerprint density at radius 1 is 0.957 bits per heavy atom. The predicted octanol–water partition coefficient (Wildman–Crippen LogP) is -3.33. The van der Waals surface area contributed by atoms with Gasteiger partial charge in [-0.2, -0.15) is 0 Å². The fourth-order valence-corrected chi connectivity index (χ4v) is 1.65. The average molecular weight is 332 g/mol. The van der Waals surface area contributed by atoms with Crippen molar-refractivity contribution in [2.75, 3.05) is 0 Å². The van der Waals surface area contributed by atoms with Crippen LogP contribution < -0.4 is 0 Å². The van der Waals surface area contributed by atoms with Gasteiger partial charge in [0, 0.05) is 12.6 Å². The molecule has 0 amide bonds. The molecule has 0 saturated heterocycles. The number of aromatic nitrogens is 2. The number of carboxylic acid groups (broad SMARTS) is 2. The maximum Gasteiger partial charge on any atom is 0.335 e. The molecule has 5 atom stereocenters. The summed E-state index contributed by atoms with van der Waals surface area (Å²) >= 11 is 0. The Morgan fingerprint density at radius 2 is 1.52 bits per heavy atom. The van der Waals surface area contributed by atoms with E-state index >= 15 is 0 Å². The van der Waals surface area contributed by atoms with Gasteiger partial charge in [0.1, 0.15) is 12.2 Å². The summed E-state index contributed by atoms with van der Waals surface area (Å²) in [5, 5.41) is 64.3. The first-order valence-electron chi connectivity index (χ1n) is 6.32. The van der Waals surface area contributed by atoms with Gasteiger partial charge in [-0.25, -0.2) is 9.59 Å². The minimum atomic E-state index is -2.25. The van der Waals surface area contributed by atoms with Crippen molar-refractivity contribution < 1.29 is 45.3 Å². The van der Waals surface area contributed by atoms with Gasteiger partial charge in [0.15, 0.2) is 12.2 Å². The number of hydrogen-bond donors (Lipinski definition) is 7. The lowest BCUT2D eigenvalue weighted by Crippen LogP contribution is -2.38. The quantitative estimate of drug-likeness (QED) is 0.251. The number of carbonyl (C=O) groups is 2. The van der Waals surface area contributed by atoms with Crippen molar-refractivity contribution in [1.82, 2.24) is 9.97 Å². The van der Waals surface area contributed by atoms with Crippen LogP contribution in [0.25, 0.3) is 0 Å². The molecule has 11 nitrogen and oxygen atoms in total. The lowest BCUT2D eigenvalue weighted by Gasteiger charge is -2.20. The van der Waals surface area contributed by atoms with Crippen molar-refractivity contribution in [2.24, 2.45) is 0 Å². The maximum absolute atomic E-state index is 10.6. The maximum atomic E-state index is 10.6. The molecule has 128 valence electrons. The molecule has 0 unspecified atom stereocenters. The molecule has 7 N–H and O–H groups in total. The zero-order valence-electron chi connectivity index (χ0n) is 11.6. The van der Waals surface area contributed by atoms with Gasteiger partial charge in [-0.05, 0) is 0 Å². The summed E-state index contributed by atoms with van der Waals surface area (Å²) < 4.78 is 0. The molecule has 0 radical (unpaired) electrons. The third-order valence-corrected chi connectivity index (χ3v) is 2.94. The number of carboxylic acids is 2. The van der Waals surface area contributed by atoms with Crippen LogP contribution in [0.15, 0.2) is 12.4 Å². The molecule has 1 aromatic heterocycles. The third-order valence-electron chi connectivity index (χ3n) is 2.94. The topological polar surface area (TPSA) is 202 Å². The second kappa shape index (κ2) is 7.89. The molecule has 0 saturated carbocycles. The van der Waals surface area contributed by atoms with Gasteiger partial charge in [-0.15, -0.1) is 0 Å². The highest BCUT2D eigenvalue weighted by molar-refractivity contribution is 5.73. The second-order valence-corrected chi connectivity index (χ2v) is 4.71. The molecule has 0 fully saturated rings. The van der Waals surface area contributed by atoms with Crippen LogP contribution in [0.3, 0.4) is 0 Å². The van der Waals surface area contributed by atoms with Crippen LogP contribution in [0.1, 0.15) is 17.5 Å². The van der Waals surface area contributed by atoms with E-state index in [-0.39, 0.29) is 11.4 Å². The number of aliphatic hydroxyl groups excluding tert-OH is 5. The fourth-order valence-electron chi connectivity index (χ4n) is 1.65. The monoisotopic (exact) mass is 332 g/mol. The number of aliphatic hydroxyl groups is 5. The Labute approximate surface area is 129 Å². The van der Waals surface area contributed by atoms with Crippen LogP contribution >= 0.6 is 0 Å². The van der Waals surface area contributed by atoms with Crippen LogP contribution in [0.2, 0.25) is 0 Å². The van der Waals surface area contributed by atoms with Crippen molar-refractivity contribution >= 4 is 11.9 Å². The summed E-state index contributed by atoms with van der Waals surface area (Å²) in [6.07, 6.45) is -8.26. The highest BCUT2D eigenvalue weighted by Crippen LogP contribution is 2.17. The van der Waals surface area contributed by atoms with E-state index in [2.05, 4.69) is 9.97 Å². The van der Waals surface area contributed by atoms with Crippen LogP contribution in [-0.2, 0) is 16.0 Å². The Hall–Kier alpha value is -2.18. The third kappa shape index (κ3) is 4.91. The molecule has 0 aliphatic heterocycles. The van der Waals surface area contributed by atoms with Crippen LogP contribution in [0.5, 0.6) is 0 Å². The molecule has 0 aromatic carbocycles. The molecule has 0 aliphatic carbocycles. The molecule has 0 spiro atoms. The first-order valence-corrected chi connectivity index (χ1v) is 6.32. The van der Waals surface area contributed by atoms with Gasteiger partial charge in [0.25, 0.3) is 0 Å². The lowest BCUT2D eigenvalue weighted by atomic mass is 10.0. The smallest absolute Gasteiger partial charge is 0.335 e. The molecule has 0 aliphatic rings. The predicted molar refractivity (Wildman–Crippen MR) is 70.0 cm³/mol. The SMILES string of the molecule is O=C(O)[C@@H](O)[C@@H](O)[C@H](O)c1cncc(C[C@H](O)[C@H](O)C(=O)O)n1. The summed E-state index contributed by atoms with van der Waals surface area (Å²) in [6, 6.07) is 0. The minimum absolute atomic E-state index is 0.0219. The van der Waals surface area contributed by atoms with E-state index in [9.17, 15) is 35.1 Å². The zero-order valence-corrected chi connectivity index (χ0v) is 11.6. The largest absolute Gasteiger partial charge is 0.479 e. The van der Waals surface area contributed by atoms with E-state index in [1.807, 2.05) is 0 Å². The van der Waals surface area contributed by atoms with E-state index in [0.717, 1.165) is 12.4 Å². The highest BCUT2D eigenvalue weighted by Gasteiger charge is 2.32. The van der Waals surface area contributed by atoms with Crippen molar-refractivity contribution in [3.05, 3.63) is 23.8 Å². The standard InChI is InChI=1S/C12H16N2O9/c15-6(8(17)11(20)21)1-4-2-13-3-5(14-4)7(16)9(18)10(19)12(22)23/h2-3,6-10,15-19H,1H2,(H,20,21)(H,22,23)/t6-,7+,8-,9-,10-/m0/s1. The van der Waals surface area contributed by atoms with Gasteiger partial charge >= 0.3 is 11.9 Å². The Balaban J connectivity index is 2.88. The molecule has 1 rings (SSSR count). The van der Waals surface area contributed by atoms with Crippen LogP contribution in [0.4, 0.5) is 0 Å². The van der Waals surface area contributed by atoms with Crippen molar-refractivity contribution in [3.8, 4) is 0 Å². The molecular weight excluding hydrogens is 316 g/mol. The minimum Gasteiger partial charge on any atom is -0.479 e. The number of nitrogens with zero attached hydrogens (tertiary/aromatic N) is 2. The molecule has 1 aromatic rings. The normalized spacial score (nSPS) is 17.8. The van der Waals surface area contributed by atoms with Gasteiger partial charge in [0.2, 0.25) is 0 Å². The van der Waals surface area contributed by atoms with E-state index in [1.165, 1.54) is 0 Å². The van der Waals surface area contributed by atoms with Crippen LogP contribution in [0, 0.1) is 0 Å². The van der Waals surface area contributed by atoms with Crippen molar-refractivity contribution in [3.63, 3.8) is 0 Å². The van der Waals surface area contributed by atoms with Crippen LogP contribution in [-0.4, -0.2) is 82.1 Å². The van der Waals surface area contributed by atoms with E-state index in [4.69, 9.17) is 10.2 Å². The van der Waals surface area contributed by atoms with Crippen molar-refractivity contribution in [2.45, 2.75) is 36.9 Å². The number of rotatable bonds is 8. The average Bonchev–Trinajstić information content (AvgIpc) is 2.51. The number of hydrogen-bond acceptors (Lipinski definition) is 9. The van der Waals surface area contributed by atoms with Gasteiger partial charge in [0.05, 0.1) is 23.7 Å². The van der Waals surface area contributed by atoms with E-state index < -0.39 is 48.9 Å². The highest BCUT2D eigenvalue weighted by atomic mass is 16.4. The summed E-state index contributed by atoms with van der Waals surface area (Å²) in [5.41, 5.74) is -0.321. The molecular formula is C12H16N2O9. The van der Waals surface area contributed by atoms with Crippen molar-refractivity contribution in [1.29, 1.82) is 0 Å². The van der Waals surface area contributed by atoms with E-state index in [1.54, 1.807) is 0 Å².